The zero-order chi connectivity index (χ0) is 20.9. The van der Waals surface area contributed by atoms with Gasteiger partial charge in [-0.1, -0.05) is 29.5 Å². The van der Waals surface area contributed by atoms with Gasteiger partial charge in [0.1, 0.15) is 0 Å². The standard InChI is InChI=1S/C22H23N3O3S2/c1-14-4-2-5-15(10-14)21(27)24-16-7-8-18-19(11-16)30-22(25-18)29-13-20(26)23-12-17-6-3-9-28-17/h2,4-5,7-8,10-11,17H,3,6,9,12-13H2,1H3,(H,23,26)(H,24,27)/t17-/m1/s1. The second-order valence-corrected chi connectivity index (χ2v) is 9.47. The van der Waals surface area contributed by atoms with Crippen molar-refractivity contribution in [2.24, 2.45) is 0 Å². The maximum absolute atomic E-state index is 12.5. The van der Waals surface area contributed by atoms with Crippen LogP contribution in [-0.2, 0) is 9.53 Å². The molecule has 1 atom stereocenters. The van der Waals surface area contributed by atoms with Gasteiger partial charge in [0.15, 0.2) is 4.34 Å². The largest absolute Gasteiger partial charge is 0.376 e. The maximum Gasteiger partial charge on any atom is 0.255 e. The molecular formula is C22H23N3O3S2. The number of hydrogen-bond donors (Lipinski definition) is 2. The summed E-state index contributed by atoms with van der Waals surface area (Å²) in [5.74, 6) is 0.171. The summed E-state index contributed by atoms with van der Waals surface area (Å²) in [7, 11) is 0. The predicted molar refractivity (Wildman–Crippen MR) is 121 cm³/mol. The molecule has 6 nitrogen and oxygen atoms in total. The highest BCUT2D eigenvalue weighted by Gasteiger charge is 2.16. The van der Waals surface area contributed by atoms with E-state index in [2.05, 4.69) is 15.6 Å². The van der Waals surface area contributed by atoms with E-state index in [1.807, 2.05) is 43.3 Å². The van der Waals surface area contributed by atoms with Gasteiger partial charge in [-0.3, -0.25) is 9.59 Å². The average molecular weight is 442 g/mol. The zero-order valence-electron chi connectivity index (χ0n) is 16.6. The van der Waals surface area contributed by atoms with Gasteiger partial charge >= 0.3 is 0 Å². The first-order valence-corrected chi connectivity index (χ1v) is 11.7. The lowest BCUT2D eigenvalue weighted by Gasteiger charge is -2.09. The number of rotatable bonds is 7. The highest BCUT2D eigenvalue weighted by Crippen LogP contribution is 2.31. The minimum atomic E-state index is -0.139. The number of ether oxygens (including phenoxy) is 1. The Morgan fingerprint density at radius 3 is 2.97 bits per heavy atom. The van der Waals surface area contributed by atoms with Crippen LogP contribution in [0.1, 0.15) is 28.8 Å². The SMILES string of the molecule is Cc1cccc(C(=O)Nc2ccc3nc(SCC(=O)NC[C@H]4CCCO4)sc3c2)c1. The van der Waals surface area contributed by atoms with Crippen LogP contribution in [0.5, 0.6) is 0 Å². The summed E-state index contributed by atoms with van der Waals surface area (Å²) in [6, 6.07) is 13.1. The molecule has 1 fully saturated rings. The molecule has 0 aliphatic carbocycles. The normalized spacial score (nSPS) is 16.0. The predicted octanol–water partition coefficient (Wildman–Crippen LogP) is 4.24. The van der Waals surface area contributed by atoms with Gasteiger partial charge in [0.25, 0.3) is 5.91 Å². The molecule has 2 N–H and O–H groups in total. The van der Waals surface area contributed by atoms with Gasteiger partial charge in [-0.25, -0.2) is 4.98 Å². The topological polar surface area (TPSA) is 80.3 Å². The molecule has 1 saturated heterocycles. The molecule has 0 radical (unpaired) electrons. The Bertz CT molecular complexity index is 1060. The number of hydrogen-bond acceptors (Lipinski definition) is 6. The van der Waals surface area contributed by atoms with Crippen molar-refractivity contribution < 1.29 is 14.3 Å². The summed E-state index contributed by atoms with van der Waals surface area (Å²) in [6.45, 7) is 3.32. The summed E-state index contributed by atoms with van der Waals surface area (Å²) in [4.78, 5) is 29.1. The monoisotopic (exact) mass is 441 g/mol. The lowest BCUT2D eigenvalue weighted by molar-refractivity contribution is -0.119. The average Bonchev–Trinajstić information content (AvgIpc) is 3.40. The lowest BCUT2D eigenvalue weighted by atomic mass is 10.1. The molecule has 8 heteroatoms. The Hall–Kier alpha value is -2.42. The smallest absolute Gasteiger partial charge is 0.255 e. The quantitative estimate of drug-likeness (QED) is 0.536. The number of fused-ring (bicyclic) bond motifs is 1. The Kier molecular flexibility index (Phi) is 6.66. The van der Waals surface area contributed by atoms with Gasteiger partial charge < -0.3 is 15.4 Å². The van der Waals surface area contributed by atoms with E-state index < -0.39 is 0 Å². The third-order valence-corrected chi connectivity index (χ3v) is 6.95. The summed E-state index contributed by atoms with van der Waals surface area (Å²) >= 11 is 2.94. The van der Waals surface area contributed by atoms with E-state index in [4.69, 9.17) is 4.74 Å². The molecule has 1 aliphatic heterocycles. The Balaban J connectivity index is 1.34. The number of nitrogens with zero attached hydrogens (tertiary/aromatic N) is 1. The van der Waals surface area contributed by atoms with Crippen LogP contribution in [0.2, 0.25) is 0 Å². The maximum atomic E-state index is 12.5. The molecule has 156 valence electrons. The van der Waals surface area contributed by atoms with Crippen molar-refractivity contribution in [3.8, 4) is 0 Å². The second kappa shape index (κ2) is 9.59. The lowest BCUT2D eigenvalue weighted by Crippen LogP contribution is -2.32. The van der Waals surface area contributed by atoms with Gasteiger partial charge in [0.2, 0.25) is 5.91 Å². The fourth-order valence-electron chi connectivity index (χ4n) is 3.24. The van der Waals surface area contributed by atoms with Gasteiger partial charge in [-0.2, -0.15) is 0 Å². The van der Waals surface area contributed by atoms with E-state index >= 15 is 0 Å². The third kappa shape index (κ3) is 5.38. The summed E-state index contributed by atoms with van der Waals surface area (Å²) in [6.07, 6.45) is 2.22. The number of carbonyl (C=O) groups excluding carboxylic acids is 2. The number of anilines is 1. The number of amides is 2. The number of aryl methyl sites for hydroxylation is 1. The van der Waals surface area contributed by atoms with E-state index in [9.17, 15) is 9.59 Å². The summed E-state index contributed by atoms with van der Waals surface area (Å²) in [5.41, 5.74) is 3.26. The van der Waals surface area contributed by atoms with Crippen molar-refractivity contribution in [1.29, 1.82) is 0 Å². The van der Waals surface area contributed by atoms with Crippen LogP contribution in [0.25, 0.3) is 10.2 Å². The molecular weight excluding hydrogens is 418 g/mol. The van der Waals surface area contributed by atoms with E-state index in [0.717, 1.165) is 45.3 Å². The number of nitrogens with one attached hydrogen (secondary N) is 2. The zero-order valence-corrected chi connectivity index (χ0v) is 18.3. The minimum Gasteiger partial charge on any atom is -0.376 e. The molecule has 0 unspecified atom stereocenters. The van der Waals surface area contributed by atoms with E-state index in [1.165, 1.54) is 23.1 Å². The molecule has 2 aromatic carbocycles. The molecule has 0 bridgehead atoms. The molecule has 4 rings (SSSR count). The number of benzene rings is 2. The highest BCUT2D eigenvalue weighted by molar-refractivity contribution is 8.01. The van der Waals surface area contributed by atoms with Crippen molar-refractivity contribution in [3.05, 3.63) is 53.6 Å². The van der Waals surface area contributed by atoms with Gasteiger partial charge in [0, 0.05) is 24.4 Å². The molecule has 2 heterocycles. The summed E-state index contributed by atoms with van der Waals surface area (Å²) in [5, 5.41) is 5.86. The van der Waals surface area contributed by atoms with Crippen LogP contribution >= 0.6 is 23.1 Å². The van der Waals surface area contributed by atoms with Crippen LogP contribution < -0.4 is 10.6 Å². The van der Waals surface area contributed by atoms with Gasteiger partial charge in [-0.05, 0) is 50.1 Å². The van der Waals surface area contributed by atoms with E-state index in [-0.39, 0.29) is 17.9 Å². The molecule has 0 spiro atoms. The Morgan fingerprint density at radius 1 is 1.27 bits per heavy atom. The Morgan fingerprint density at radius 2 is 2.17 bits per heavy atom. The van der Waals surface area contributed by atoms with Crippen LogP contribution in [0.15, 0.2) is 46.8 Å². The van der Waals surface area contributed by atoms with Gasteiger partial charge in [0.05, 0.1) is 22.1 Å². The fraction of sp³-hybridized carbons (Fsp3) is 0.318. The first kappa shape index (κ1) is 20.8. The van der Waals surface area contributed by atoms with Crippen LogP contribution in [0, 0.1) is 6.92 Å². The molecule has 2 amide bonds. The van der Waals surface area contributed by atoms with E-state index in [1.54, 1.807) is 6.07 Å². The van der Waals surface area contributed by atoms with Crippen LogP contribution in [0.3, 0.4) is 0 Å². The molecule has 3 aromatic rings. The number of thiazole rings is 1. The van der Waals surface area contributed by atoms with Crippen molar-refractivity contribution in [2.75, 3.05) is 24.2 Å². The number of carbonyl (C=O) groups is 2. The van der Waals surface area contributed by atoms with Crippen molar-refractivity contribution in [3.63, 3.8) is 0 Å². The molecule has 30 heavy (non-hydrogen) atoms. The van der Waals surface area contributed by atoms with Crippen molar-refractivity contribution in [1.82, 2.24) is 10.3 Å². The number of aromatic nitrogens is 1. The molecule has 1 aromatic heterocycles. The van der Waals surface area contributed by atoms with Crippen LogP contribution in [-0.4, -0.2) is 41.8 Å². The van der Waals surface area contributed by atoms with Gasteiger partial charge in [-0.15, -0.1) is 11.3 Å². The second-order valence-electron chi connectivity index (χ2n) is 7.21. The van der Waals surface area contributed by atoms with E-state index in [0.29, 0.717) is 17.9 Å². The summed E-state index contributed by atoms with van der Waals surface area (Å²) < 4.78 is 7.32. The first-order chi connectivity index (χ1) is 14.6. The van der Waals surface area contributed by atoms with Crippen LogP contribution in [0.4, 0.5) is 5.69 Å². The fourth-order valence-corrected chi connectivity index (χ4v) is 5.18. The number of thioether (sulfide) groups is 1. The molecule has 1 aliphatic rings. The minimum absolute atomic E-state index is 0.0131. The first-order valence-electron chi connectivity index (χ1n) is 9.86. The Labute approximate surface area is 183 Å². The van der Waals surface area contributed by atoms with Crippen molar-refractivity contribution in [2.45, 2.75) is 30.2 Å². The highest BCUT2D eigenvalue weighted by atomic mass is 32.2. The third-order valence-electron chi connectivity index (χ3n) is 4.78. The van der Waals surface area contributed by atoms with Crippen molar-refractivity contribution >= 4 is 50.8 Å². The molecule has 0 saturated carbocycles.